The highest BCUT2D eigenvalue weighted by molar-refractivity contribution is 6.05. The molecule has 70 heavy (non-hydrogen) atoms. The first kappa shape index (κ1) is 47.1. The first-order valence-electron chi connectivity index (χ1n) is 24.1. The fraction of sp³-hybridized carbons (Fsp3) is 0.423. The van der Waals surface area contributed by atoms with Gasteiger partial charge in [-0.3, -0.25) is 44.4 Å². The van der Waals surface area contributed by atoms with Gasteiger partial charge in [0.25, 0.3) is 5.91 Å². The fourth-order valence-electron chi connectivity index (χ4n) is 10.9. The van der Waals surface area contributed by atoms with Crippen LogP contribution in [0.15, 0.2) is 90.0 Å². The summed E-state index contributed by atoms with van der Waals surface area (Å²) >= 11 is 0. The lowest BCUT2D eigenvalue weighted by Gasteiger charge is -2.42. The number of alkyl halides is 3. The van der Waals surface area contributed by atoms with E-state index in [4.69, 9.17) is 15.6 Å². The van der Waals surface area contributed by atoms with E-state index >= 15 is 0 Å². The molecule has 0 saturated carbocycles. The monoisotopic (exact) mass is 958 g/mol. The van der Waals surface area contributed by atoms with Crippen molar-refractivity contribution >= 4 is 41.1 Å². The molecule has 5 aliphatic rings. The Morgan fingerprint density at radius 2 is 1.61 bits per heavy atom. The second-order valence-corrected chi connectivity index (χ2v) is 19.6. The summed E-state index contributed by atoms with van der Waals surface area (Å²) in [6, 6.07) is 22.5. The highest BCUT2D eigenvalue weighted by Gasteiger charge is 2.43. The molecule has 5 aromatic rings. The largest absolute Gasteiger partial charge is 0.418 e. The number of benzene rings is 3. The Hall–Kier alpha value is -6.63. The summed E-state index contributed by atoms with van der Waals surface area (Å²) in [6.45, 7) is 6.89. The number of amidine groups is 1. The molecular weight excluding hydrogens is 902 g/mol. The van der Waals surface area contributed by atoms with Gasteiger partial charge in [0, 0.05) is 108 Å². The summed E-state index contributed by atoms with van der Waals surface area (Å²) in [7, 11) is 1.63. The number of hydrogen-bond acceptors (Lipinski definition) is 10. The molecule has 1 atom stereocenters. The third-order valence-corrected chi connectivity index (χ3v) is 15.2. The average molecular weight is 959 g/mol. The van der Waals surface area contributed by atoms with Crippen molar-refractivity contribution in [3.05, 3.63) is 135 Å². The number of hydrogen-bond donors (Lipinski definition) is 3. The number of ether oxygens (including phenoxy) is 1. The Morgan fingerprint density at radius 3 is 2.30 bits per heavy atom. The molecule has 0 bridgehead atoms. The number of piperidine rings is 2. The topological polar surface area (TPSA) is 163 Å². The molecule has 0 spiro atoms. The van der Waals surface area contributed by atoms with Gasteiger partial charge in [0.15, 0.2) is 0 Å². The van der Waals surface area contributed by atoms with Gasteiger partial charge in [-0.25, -0.2) is 4.79 Å². The number of carbonyl (C=O) groups is 3. The van der Waals surface area contributed by atoms with Gasteiger partial charge in [0.05, 0.1) is 36.3 Å². The number of aromatic nitrogens is 2. The summed E-state index contributed by atoms with van der Waals surface area (Å²) in [5, 5.41) is 18.3. The van der Waals surface area contributed by atoms with E-state index in [0.717, 1.165) is 79.5 Å². The van der Waals surface area contributed by atoms with E-state index in [1.807, 2.05) is 18.2 Å². The van der Waals surface area contributed by atoms with Crippen molar-refractivity contribution < 1.29 is 32.3 Å². The van der Waals surface area contributed by atoms with Crippen molar-refractivity contribution in [3.8, 4) is 5.69 Å². The number of nitrogens with zero attached hydrogens (tertiary/aromatic N) is 7. The Bertz CT molecular complexity index is 2910. The first-order valence-corrected chi connectivity index (χ1v) is 24.1. The van der Waals surface area contributed by atoms with E-state index in [1.165, 1.54) is 39.1 Å². The van der Waals surface area contributed by atoms with Gasteiger partial charge in [0.2, 0.25) is 11.8 Å². The molecule has 1 unspecified atom stereocenters. The third kappa shape index (κ3) is 9.27. The summed E-state index contributed by atoms with van der Waals surface area (Å²) in [4.78, 5) is 61.1. The molecule has 18 heteroatoms. The van der Waals surface area contributed by atoms with Crippen LogP contribution in [0.25, 0.3) is 11.2 Å². The molecule has 366 valence electrons. The molecule has 0 aliphatic carbocycles. The lowest BCUT2D eigenvalue weighted by Crippen LogP contribution is -2.52. The number of nitrogens with one attached hydrogen (secondary N) is 3. The van der Waals surface area contributed by atoms with Crippen LogP contribution in [0.2, 0.25) is 0 Å². The van der Waals surface area contributed by atoms with Crippen LogP contribution >= 0.6 is 0 Å². The number of piperazine rings is 1. The number of anilines is 1. The number of amides is 3. The first-order chi connectivity index (χ1) is 33.7. The van der Waals surface area contributed by atoms with Crippen LogP contribution in [0, 0.1) is 10.8 Å². The van der Waals surface area contributed by atoms with Crippen molar-refractivity contribution in [1.29, 1.82) is 10.8 Å². The van der Waals surface area contributed by atoms with Crippen molar-refractivity contribution in [1.82, 2.24) is 33.9 Å². The highest BCUT2D eigenvalue weighted by atomic mass is 19.4. The summed E-state index contributed by atoms with van der Waals surface area (Å²) in [5.74, 6) is -0.199. The molecule has 2 aromatic heterocycles. The van der Waals surface area contributed by atoms with E-state index in [1.54, 1.807) is 30.1 Å². The zero-order valence-electron chi connectivity index (χ0n) is 39.1. The molecule has 10 rings (SSSR count). The Balaban J connectivity index is 0.717. The lowest BCUT2D eigenvalue weighted by atomic mass is 9.75. The Labute approximate surface area is 403 Å². The molecule has 4 fully saturated rings. The molecule has 3 amide bonds. The van der Waals surface area contributed by atoms with Gasteiger partial charge < -0.3 is 24.3 Å². The van der Waals surface area contributed by atoms with E-state index < -0.39 is 34.8 Å². The Morgan fingerprint density at radius 1 is 0.871 bits per heavy atom. The van der Waals surface area contributed by atoms with Crippen LogP contribution in [-0.2, 0) is 45.4 Å². The van der Waals surface area contributed by atoms with Crippen LogP contribution in [0.4, 0.5) is 18.9 Å². The Kier molecular flexibility index (Phi) is 12.7. The molecule has 5 aliphatic heterocycles. The minimum Gasteiger partial charge on any atom is -0.379 e. The van der Waals surface area contributed by atoms with E-state index in [0.29, 0.717) is 68.4 Å². The van der Waals surface area contributed by atoms with Crippen molar-refractivity contribution in [3.63, 3.8) is 0 Å². The van der Waals surface area contributed by atoms with Crippen LogP contribution in [0.3, 0.4) is 0 Å². The average Bonchev–Trinajstić information content (AvgIpc) is 3.86. The van der Waals surface area contributed by atoms with Crippen LogP contribution in [0.5, 0.6) is 0 Å². The van der Waals surface area contributed by atoms with Gasteiger partial charge in [-0.2, -0.15) is 13.2 Å². The zero-order chi connectivity index (χ0) is 48.9. The van der Waals surface area contributed by atoms with E-state index in [2.05, 4.69) is 50.3 Å². The van der Waals surface area contributed by atoms with Crippen molar-refractivity contribution in [2.24, 2.45) is 0 Å². The normalized spacial score (nSPS) is 20.1. The third-order valence-electron chi connectivity index (χ3n) is 15.2. The number of pyridine rings is 1. The SMILES string of the molecule is CN(C=N)C(=N)CC1(c2cccc(-n3cc4c(C(F)(F)F)cc(CN5CCN(CCc6ccc(C7CCN(c8ccc9c(c8)CN(C8CCC(=O)NC8=O)C9=O)CC7)cc6)CC5)cn4c3=O)c2)COC1. The predicted molar refractivity (Wildman–Crippen MR) is 258 cm³/mol. The van der Waals surface area contributed by atoms with E-state index in [-0.39, 0.29) is 36.1 Å². The molecule has 4 saturated heterocycles. The van der Waals surface area contributed by atoms with Gasteiger partial charge in [-0.15, -0.1) is 0 Å². The molecule has 3 N–H and O–H groups in total. The summed E-state index contributed by atoms with van der Waals surface area (Å²) in [6.07, 6.45) is 2.92. The minimum atomic E-state index is -4.69. The quantitative estimate of drug-likeness (QED) is 0.0754. The van der Waals surface area contributed by atoms with Crippen LogP contribution in [0.1, 0.15) is 81.8 Å². The minimum absolute atomic E-state index is 0.164. The van der Waals surface area contributed by atoms with Crippen molar-refractivity contribution in [2.45, 2.75) is 75.2 Å². The summed E-state index contributed by atoms with van der Waals surface area (Å²) < 4.78 is 51.9. The van der Waals surface area contributed by atoms with Gasteiger partial charge in [0.1, 0.15) is 11.9 Å². The highest BCUT2D eigenvalue weighted by Crippen LogP contribution is 2.39. The second kappa shape index (κ2) is 18.9. The predicted octanol–water partition coefficient (Wildman–Crippen LogP) is 5.79. The van der Waals surface area contributed by atoms with Crippen molar-refractivity contribution in [2.75, 3.05) is 71.0 Å². The standard InChI is InChI=1S/C52H57F3N10O5/c1-59(33-56)46(57)26-51(31-70-32-51)39-3-2-4-41(25-39)63-30-45-43(52(53,54)55)23-35(28-65(45)50(63)69)27-61-21-19-60(20-22-61)16-13-34-5-7-36(8-6-34)37-14-17-62(18-15-37)40-9-10-42-38(24-40)29-64(49(42)68)44-11-12-47(66)58-48(44)67/h2-10,23-25,28,30,33,37,44,56-57H,11-22,26-27,29,31-32H2,1H3,(H,58,66,67). The molecule has 3 aromatic carbocycles. The molecule has 7 heterocycles. The summed E-state index contributed by atoms with van der Waals surface area (Å²) in [5.41, 5.74) is 4.57. The number of halogens is 3. The number of imide groups is 1. The van der Waals surface area contributed by atoms with Gasteiger partial charge >= 0.3 is 11.9 Å². The molecule has 15 nitrogen and oxygen atoms in total. The van der Waals surface area contributed by atoms with Crippen LogP contribution in [-0.4, -0.2) is 131 Å². The molecular formula is C52H57F3N10O5. The van der Waals surface area contributed by atoms with Gasteiger partial charge in [-0.1, -0.05) is 36.4 Å². The molecule has 0 radical (unpaired) electrons. The lowest BCUT2D eigenvalue weighted by molar-refractivity contribution is -0.137. The van der Waals surface area contributed by atoms with E-state index in [9.17, 15) is 32.3 Å². The van der Waals surface area contributed by atoms with Gasteiger partial charge in [-0.05, 0) is 95.8 Å². The number of imidazole rings is 1. The maximum atomic E-state index is 14.7. The zero-order valence-corrected chi connectivity index (χ0v) is 39.1. The number of fused-ring (bicyclic) bond motifs is 2. The fourth-order valence-corrected chi connectivity index (χ4v) is 10.9. The van der Waals surface area contributed by atoms with Crippen LogP contribution < -0.4 is 15.9 Å². The number of rotatable bonds is 13. The second-order valence-electron chi connectivity index (χ2n) is 19.6. The maximum absolute atomic E-state index is 14.7. The number of carbonyl (C=O) groups excluding carboxylic acids is 3. The maximum Gasteiger partial charge on any atom is 0.418 e. The smallest absolute Gasteiger partial charge is 0.379 e.